The molecule has 0 radical (unpaired) electrons. The van der Waals surface area contributed by atoms with E-state index in [4.69, 9.17) is 4.42 Å². The minimum Gasteiger partial charge on any atom is -0.454 e. The summed E-state index contributed by atoms with van der Waals surface area (Å²) in [6.45, 7) is 0.301. The normalized spacial score (nSPS) is 11.5. The molecule has 0 spiro atoms. The van der Waals surface area contributed by atoms with Crippen LogP contribution in [0.5, 0.6) is 0 Å². The van der Waals surface area contributed by atoms with Crippen molar-refractivity contribution in [3.8, 4) is 11.4 Å². The number of aromatic nitrogens is 2. The first-order valence-corrected chi connectivity index (χ1v) is 7.84. The summed E-state index contributed by atoms with van der Waals surface area (Å²) in [7, 11) is 1.51. The molecule has 1 amide bonds. The summed E-state index contributed by atoms with van der Waals surface area (Å²) in [5, 5.41) is 2.47. The maximum Gasteiger partial charge on any atom is 0.393 e. The van der Waals surface area contributed by atoms with Gasteiger partial charge in [0.15, 0.2) is 5.76 Å². The Bertz CT molecular complexity index is 912. The van der Waals surface area contributed by atoms with Crippen LogP contribution < -0.4 is 5.32 Å². The highest BCUT2D eigenvalue weighted by Crippen LogP contribution is 2.25. The smallest absolute Gasteiger partial charge is 0.393 e. The first-order chi connectivity index (χ1) is 12.4. The fourth-order valence-corrected chi connectivity index (χ4v) is 2.62. The molecule has 3 aromatic rings. The number of halogens is 3. The summed E-state index contributed by atoms with van der Waals surface area (Å²) < 4.78 is 45.1. The lowest BCUT2D eigenvalue weighted by molar-refractivity contribution is -0.127. The summed E-state index contributed by atoms with van der Waals surface area (Å²) in [5.41, 5.74) is 0.749. The van der Waals surface area contributed by atoms with Crippen LogP contribution >= 0.6 is 0 Å². The number of nitrogens with one attached hydrogen (secondary N) is 1. The number of carbonyl (C=O) groups excluding carboxylic acids is 1. The maximum absolute atomic E-state index is 12.6. The van der Waals surface area contributed by atoms with E-state index in [-0.39, 0.29) is 17.2 Å². The first kappa shape index (κ1) is 17.8. The lowest BCUT2D eigenvalue weighted by Crippen LogP contribution is -2.16. The number of hydrogen-bond acceptors (Lipinski definition) is 3. The maximum atomic E-state index is 12.6. The third kappa shape index (κ3) is 4.14. The van der Waals surface area contributed by atoms with Gasteiger partial charge in [-0.3, -0.25) is 4.79 Å². The Labute approximate surface area is 147 Å². The van der Waals surface area contributed by atoms with Crippen LogP contribution in [0.3, 0.4) is 0 Å². The second kappa shape index (κ2) is 7.07. The van der Waals surface area contributed by atoms with Gasteiger partial charge in [-0.2, -0.15) is 13.2 Å². The number of furan rings is 1. The number of imidazole rings is 1. The largest absolute Gasteiger partial charge is 0.454 e. The Hall–Kier alpha value is -3.03. The van der Waals surface area contributed by atoms with E-state index in [9.17, 15) is 18.0 Å². The van der Waals surface area contributed by atoms with Crippen molar-refractivity contribution < 1.29 is 22.4 Å². The molecule has 8 heteroatoms. The van der Waals surface area contributed by atoms with Crippen LogP contribution in [0.4, 0.5) is 13.2 Å². The Morgan fingerprint density at radius 3 is 2.81 bits per heavy atom. The van der Waals surface area contributed by atoms with Crippen molar-refractivity contribution in [1.29, 1.82) is 0 Å². The van der Waals surface area contributed by atoms with E-state index in [2.05, 4.69) is 10.3 Å². The number of amides is 1. The second-order valence-electron chi connectivity index (χ2n) is 5.72. The van der Waals surface area contributed by atoms with Gasteiger partial charge in [0.25, 0.3) is 5.91 Å². The summed E-state index contributed by atoms with van der Waals surface area (Å²) in [6.07, 6.45) is -1.99. The molecule has 5 nitrogen and oxygen atoms in total. The lowest BCUT2D eigenvalue weighted by Gasteiger charge is -2.10. The van der Waals surface area contributed by atoms with Crippen molar-refractivity contribution in [3.05, 3.63) is 65.9 Å². The fraction of sp³-hybridized carbons (Fsp3) is 0.222. The quantitative estimate of drug-likeness (QED) is 0.753. The molecule has 0 saturated heterocycles. The zero-order valence-electron chi connectivity index (χ0n) is 13.9. The molecule has 0 saturated carbocycles. The average Bonchev–Trinajstić information content (AvgIpc) is 3.23. The van der Waals surface area contributed by atoms with Gasteiger partial charge in [-0.05, 0) is 23.8 Å². The first-order valence-electron chi connectivity index (χ1n) is 7.84. The van der Waals surface area contributed by atoms with E-state index in [1.165, 1.54) is 19.2 Å². The molecule has 0 fully saturated rings. The molecule has 0 aliphatic rings. The van der Waals surface area contributed by atoms with Gasteiger partial charge in [0.05, 0.1) is 13.0 Å². The van der Waals surface area contributed by atoms with E-state index in [1.54, 1.807) is 41.2 Å². The molecule has 2 aromatic heterocycles. The van der Waals surface area contributed by atoms with Crippen molar-refractivity contribution in [3.63, 3.8) is 0 Å². The van der Waals surface area contributed by atoms with E-state index in [0.29, 0.717) is 23.7 Å². The predicted octanol–water partition coefficient (Wildman–Crippen LogP) is 3.66. The molecule has 136 valence electrons. The highest BCUT2D eigenvalue weighted by Gasteiger charge is 2.27. The van der Waals surface area contributed by atoms with Gasteiger partial charge < -0.3 is 14.3 Å². The second-order valence-corrected chi connectivity index (χ2v) is 5.72. The standard InChI is InChI=1S/C18H16F3N3O2/c1-22-17(25)15-6-5-14(26-15)11-24-8-7-23-16(24)13-4-2-3-12(9-13)10-18(19,20)21/h2-9H,10-11H2,1H3,(H,22,25). The minimum absolute atomic E-state index is 0.171. The van der Waals surface area contributed by atoms with Crippen LogP contribution in [-0.4, -0.2) is 28.7 Å². The van der Waals surface area contributed by atoms with Crippen LogP contribution in [0.1, 0.15) is 21.9 Å². The van der Waals surface area contributed by atoms with Gasteiger partial charge in [-0.15, -0.1) is 0 Å². The van der Waals surface area contributed by atoms with Crippen molar-refractivity contribution in [2.75, 3.05) is 7.05 Å². The van der Waals surface area contributed by atoms with Gasteiger partial charge >= 0.3 is 6.18 Å². The molecular weight excluding hydrogens is 347 g/mol. The molecule has 2 heterocycles. The molecule has 26 heavy (non-hydrogen) atoms. The predicted molar refractivity (Wildman–Crippen MR) is 88.6 cm³/mol. The van der Waals surface area contributed by atoms with Crippen LogP contribution in [0.25, 0.3) is 11.4 Å². The van der Waals surface area contributed by atoms with Gasteiger partial charge in [0, 0.05) is 25.0 Å². The van der Waals surface area contributed by atoms with E-state index in [1.807, 2.05) is 0 Å². The number of benzene rings is 1. The molecule has 1 aromatic carbocycles. The van der Waals surface area contributed by atoms with Crippen LogP contribution in [0, 0.1) is 0 Å². The highest BCUT2D eigenvalue weighted by molar-refractivity contribution is 5.91. The van der Waals surface area contributed by atoms with Crippen molar-refractivity contribution in [2.45, 2.75) is 19.1 Å². The molecule has 0 atom stereocenters. The number of nitrogens with zero attached hydrogens (tertiary/aromatic N) is 2. The lowest BCUT2D eigenvalue weighted by atomic mass is 10.1. The molecule has 1 N–H and O–H groups in total. The summed E-state index contributed by atoms with van der Waals surface area (Å²) in [4.78, 5) is 15.8. The van der Waals surface area contributed by atoms with E-state index < -0.39 is 12.6 Å². The van der Waals surface area contributed by atoms with Crippen molar-refractivity contribution in [1.82, 2.24) is 14.9 Å². The fourth-order valence-electron chi connectivity index (χ4n) is 2.62. The molecule has 0 aliphatic heterocycles. The number of rotatable bonds is 5. The summed E-state index contributed by atoms with van der Waals surface area (Å²) >= 11 is 0. The Kier molecular flexibility index (Phi) is 4.83. The third-order valence-corrected chi connectivity index (χ3v) is 3.74. The zero-order valence-corrected chi connectivity index (χ0v) is 13.9. The van der Waals surface area contributed by atoms with Crippen LogP contribution in [-0.2, 0) is 13.0 Å². The van der Waals surface area contributed by atoms with Gasteiger partial charge in [0.1, 0.15) is 11.6 Å². The highest BCUT2D eigenvalue weighted by atomic mass is 19.4. The molecule has 0 bridgehead atoms. The number of hydrogen-bond donors (Lipinski definition) is 1. The Morgan fingerprint density at radius 1 is 1.27 bits per heavy atom. The average molecular weight is 363 g/mol. The molecular formula is C18H16F3N3O2. The van der Waals surface area contributed by atoms with Gasteiger partial charge in [-0.25, -0.2) is 4.98 Å². The molecule has 0 unspecified atom stereocenters. The van der Waals surface area contributed by atoms with Crippen molar-refractivity contribution in [2.24, 2.45) is 0 Å². The SMILES string of the molecule is CNC(=O)c1ccc(Cn2ccnc2-c2cccc(CC(F)(F)F)c2)o1. The van der Waals surface area contributed by atoms with Gasteiger partial charge in [-0.1, -0.05) is 18.2 Å². The molecule has 3 rings (SSSR count). The molecule has 0 aliphatic carbocycles. The Balaban J connectivity index is 1.84. The minimum atomic E-state index is -4.27. The Morgan fingerprint density at radius 2 is 2.08 bits per heavy atom. The van der Waals surface area contributed by atoms with Crippen LogP contribution in [0.15, 0.2) is 53.2 Å². The van der Waals surface area contributed by atoms with E-state index >= 15 is 0 Å². The van der Waals surface area contributed by atoms with Crippen molar-refractivity contribution >= 4 is 5.91 Å². The van der Waals surface area contributed by atoms with Gasteiger partial charge in [0.2, 0.25) is 0 Å². The summed E-state index contributed by atoms with van der Waals surface area (Å²) in [6, 6.07) is 9.43. The topological polar surface area (TPSA) is 60.1 Å². The van der Waals surface area contributed by atoms with E-state index in [0.717, 1.165) is 0 Å². The summed E-state index contributed by atoms with van der Waals surface area (Å²) in [5.74, 6) is 0.916. The third-order valence-electron chi connectivity index (χ3n) is 3.74. The number of alkyl halides is 3. The zero-order chi connectivity index (χ0) is 18.7. The monoisotopic (exact) mass is 363 g/mol. The number of carbonyl (C=O) groups is 1. The van der Waals surface area contributed by atoms with Crippen LogP contribution in [0.2, 0.25) is 0 Å².